The van der Waals surface area contributed by atoms with Gasteiger partial charge in [-0.05, 0) is 67.2 Å². The molecule has 0 bridgehead atoms. The number of nitrogens with zero attached hydrogens (tertiary/aromatic N) is 4. The van der Waals surface area contributed by atoms with E-state index in [1.807, 2.05) is 30.3 Å². The van der Waals surface area contributed by atoms with E-state index in [1.165, 1.54) is 17.0 Å². The van der Waals surface area contributed by atoms with Gasteiger partial charge in [0.25, 0.3) is 0 Å². The van der Waals surface area contributed by atoms with Gasteiger partial charge >= 0.3 is 6.18 Å². The van der Waals surface area contributed by atoms with Crippen molar-refractivity contribution in [1.29, 1.82) is 0 Å². The molecule has 29 heavy (non-hydrogen) atoms. The summed E-state index contributed by atoms with van der Waals surface area (Å²) in [4.78, 5) is 9.49. The summed E-state index contributed by atoms with van der Waals surface area (Å²) >= 11 is 0. The summed E-state index contributed by atoms with van der Waals surface area (Å²) in [6.07, 6.45) is -1.69. The fraction of sp³-hybridized carbons (Fsp3) is 0.429. The Morgan fingerprint density at radius 2 is 1.83 bits per heavy atom. The van der Waals surface area contributed by atoms with Crippen molar-refractivity contribution in [3.63, 3.8) is 0 Å². The van der Waals surface area contributed by atoms with Crippen LogP contribution in [0.1, 0.15) is 36.3 Å². The summed E-state index contributed by atoms with van der Waals surface area (Å²) in [5, 5.41) is 8.05. The number of aromatic nitrogens is 3. The van der Waals surface area contributed by atoms with Crippen LogP contribution in [0.5, 0.6) is 0 Å². The van der Waals surface area contributed by atoms with Crippen molar-refractivity contribution in [2.24, 2.45) is 0 Å². The number of rotatable bonds is 6. The van der Waals surface area contributed by atoms with Gasteiger partial charge in [0.1, 0.15) is 17.6 Å². The van der Waals surface area contributed by atoms with Crippen LogP contribution in [0.25, 0.3) is 11.0 Å². The second-order valence-electron chi connectivity index (χ2n) is 7.38. The SMILES string of the molecule is FC(F)(F)c1cccc(C2CCN(CCCOn3nnc4ccccc43)CC2)c1. The van der Waals surface area contributed by atoms with Gasteiger partial charge in [0.15, 0.2) is 0 Å². The standard InChI is InChI=1S/C21H23F3N4O/c22-21(23,24)18-6-3-5-17(15-18)16-9-12-27(13-10-16)11-4-14-29-28-20-8-2-1-7-19(20)25-26-28/h1-3,5-8,15-16H,4,9-14H2. The second-order valence-corrected chi connectivity index (χ2v) is 7.38. The zero-order valence-corrected chi connectivity index (χ0v) is 16.0. The molecule has 1 aromatic heterocycles. The van der Waals surface area contributed by atoms with E-state index in [0.717, 1.165) is 61.6 Å². The first-order valence-corrected chi connectivity index (χ1v) is 9.84. The van der Waals surface area contributed by atoms with Crippen LogP contribution in [0.2, 0.25) is 0 Å². The molecule has 1 fully saturated rings. The van der Waals surface area contributed by atoms with Crippen LogP contribution in [0.3, 0.4) is 0 Å². The van der Waals surface area contributed by atoms with Crippen molar-refractivity contribution in [2.75, 3.05) is 26.2 Å². The summed E-state index contributed by atoms with van der Waals surface area (Å²) in [5.74, 6) is 0.186. The molecule has 1 aliphatic heterocycles. The number of hydrogen-bond acceptors (Lipinski definition) is 4. The number of likely N-dealkylation sites (tertiary alicyclic amines) is 1. The summed E-state index contributed by atoms with van der Waals surface area (Å²) < 4.78 is 38.8. The third-order valence-corrected chi connectivity index (χ3v) is 5.43. The maximum absolute atomic E-state index is 12.9. The molecular formula is C21H23F3N4O. The molecule has 1 aliphatic rings. The molecule has 0 saturated carbocycles. The molecule has 5 nitrogen and oxygen atoms in total. The first-order valence-electron chi connectivity index (χ1n) is 9.84. The monoisotopic (exact) mass is 404 g/mol. The van der Waals surface area contributed by atoms with Gasteiger partial charge in [-0.2, -0.15) is 13.2 Å². The molecular weight excluding hydrogens is 381 g/mol. The largest absolute Gasteiger partial charge is 0.416 e. The number of hydrogen-bond donors (Lipinski definition) is 0. The first-order chi connectivity index (χ1) is 14.0. The highest BCUT2D eigenvalue weighted by atomic mass is 19.4. The average Bonchev–Trinajstić information content (AvgIpc) is 3.14. The van der Waals surface area contributed by atoms with Gasteiger partial charge in [0, 0.05) is 6.54 Å². The zero-order chi connectivity index (χ0) is 20.3. The number of para-hydroxylation sites is 1. The predicted octanol–water partition coefficient (Wildman–Crippen LogP) is 4.15. The van der Waals surface area contributed by atoms with Crippen LogP contribution in [0.4, 0.5) is 13.2 Å². The van der Waals surface area contributed by atoms with E-state index < -0.39 is 11.7 Å². The highest BCUT2D eigenvalue weighted by Gasteiger charge is 2.31. The summed E-state index contributed by atoms with van der Waals surface area (Å²) in [7, 11) is 0. The molecule has 0 spiro atoms. The van der Waals surface area contributed by atoms with Crippen LogP contribution in [-0.2, 0) is 6.18 Å². The lowest BCUT2D eigenvalue weighted by Gasteiger charge is -2.32. The lowest BCUT2D eigenvalue weighted by atomic mass is 9.88. The average molecular weight is 404 g/mol. The number of piperidine rings is 1. The van der Waals surface area contributed by atoms with Crippen LogP contribution >= 0.6 is 0 Å². The Morgan fingerprint density at radius 1 is 1.03 bits per heavy atom. The Morgan fingerprint density at radius 3 is 2.62 bits per heavy atom. The predicted molar refractivity (Wildman–Crippen MR) is 103 cm³/mol. The smallest absolute Gasteiger partial charge is 0.395 e. The zero-order valence-electron chi connectivity index (χ0n) is 16.0. The van der Waals surface area contributed by atoms with Crippen molar-refractivity contribution in [3.05, 3.63) is 59.7 Å². The van der Waals surface area contributed by atoms with Crippen LogP contribution in [0.15, 0.2) is 48.5 Å². The molecule has 0 atom stereocenters. The second kappa shape index (κ2) is 8.41. The molecule has 0 N–H and O–H groups in total. The maximum Gasteiger partial charge on any atom is 0.416 e. The third-order valence-electron chi connectivity index (χ3n) is 5.43. The number of halogens is 3. The Bertz CT molecular complexity index is 948. The Kier molecular flexibility index (Phi) is 5.71. The van der Waals surface area contributed by atoms with Crippen molar-refractivity contribution >= 4 is 11.0 Å². The molecule has 0 aliphatic carbocycles. The highest BCUT2D eigenvalue weighted by Crippen LogP contribution is 2.34. The third kappa shape index (κ3) is 4.70. The van der Waals surface area contributed by atoms with E-state index in [1.54, 1.807) is 0 Å². The lowest BCUT2D eigenvalue weighted by molar-refractivity contribution is -0.137. The van der Waals surface area contributed by atoms with Crippen LogP contribution < -0.4 is 4.84 Å². The number of fused-ring (bicyclic) bond motifs is 1. The van der Waals surface area contributed by atoms with E-state index >= 15 is 0 Å². The quantitative estimate of drug-likeness (QED) is 0.579. The molecule has 2 aromatic carbocycles. The topological polar surface area (TPSA) is 43.2 Å². The normalized spacial score (nSPS) is 16.4. The molecule has 0 unspecified atom stereocenters. The van der Waals surface area contributed by atoms with Crippen molar-refractivity contribution in [3.8, 4) is 0 Å². The van der Waals surface area contributed by atoms with E-state index in [4.69, 9.17) is 4.84 Å². The molecule has 1 saturated heterocycles. The minimum Gasteiger partial charge on any atom is -0.395 e. The molecule has 2 heterocycles. The van der Waals surface area contributed by atoms with Gasteiger partial charge in [0.2, 0.25) is 0 Å². The number of alkyl halides is 3. The van der Waals surface area contributed by atoms with E-state index in [-0.39, 0.29) is 5.92 Å². The Balaban J connectivity index is 1.22. The number of benzene rings is 2. The van der Waals surface area contributed by atoms with Gasteiger partial charge in [-0.1, -0.05) is 35.2 Å². The minimum atomic E-state index is -4.29. The highest BCUT2D eigenvalue weighted by molar-refractivity contribution is 5.73. The summed E-state index contributed by atoms with van der Waals surface area (Å²) in [6, 6.07) is 13.4. The fourth-order valence-electron chi connectivity index (χ4n) is 3.84. The lowest BCUT2D eigenvalue weighted by Crippen LogP contribution is -2.34. The summed E-state index contributed by atoms with van der Waals surface area (Å²) in [5.41, 5.74) is 1.87. The molecule has 0 radical (unpaired) electrons. The van der Waals surface area contributed by atoms with Gasteiger partial charge < -0.3 is 9.74 Å². The van der Waals surface area contributed by atoms with Crippen molar-refractivity contribution < 1.29 is 18.0 Å². The van der Waals surface area contributed by atoms with Gasteiger partial charge in [0.05, 0.1) is 5.56 Å². The Labute approximate surface area is 167 Å². The summed E-state index contributed by atoms with van der Waals surface area (Å²) in [6.45, 7) is 3.18. The van der Waals surface area contributed by atoms with Crippen molar-refractivity contribution in [1.82, 2.24) is 20.1 Å². The molecule has 0 amide bonds. The van der Waals surface area contributed by atoms with Crippen LogP contribution in [0, 0.1) is 0 Å². The fourth-order valence-corrected chi connectivity index (χ4v) is 3.84. The first kappa shape index (κ1) is 19.7. The Hall–Kier alpha value is -2.61. The van der Waals surface area contributed by atoms with Gasteiger partial charge in [-0.3, -0.25) is 0 Å². The van der Waals surface area contributed by atoms with Gasteiger partial charge in [-0.15, -0.1) is 5.10 Å². The minimum absolute atomic E-state index is 0.186. The van der Waals surface area contributed by atoms with Crippen LogP contribution in [-0.4, -0.2) is 46.3 Å². The van der Waals surface area contributed by atoms with E-state index in [9.17, 15) is 13.2 Å². The molecule has 8 heteroatoms. The van der Waals surface area contributed by atoms with Crippen molar-refractivity contribution in [2.45, 2.75) is 31.4 Å². The van der Waals surface area contributed by atoms with E-state index in [0.29, 0.717) is 6.61 Å². The van der Waals surface area contributed by atoms with Gasteiger partial charge in [-0.25, -0.2) is 0 Å². The maximum atomic E-state index is 12.9. The molecule has 4 rings (SSSR count). The molecule has 3 aromatic rings. The van der Waals surface area contributed by atoms with E-state index in [2.05, 4.69) is 15.2 Å². The molecule has 154 valence electrons.